The monoisotopic (exact) mass is 368 g/mol. The van der Waals surface area contributed by atoms with Crippen molar-refractivity contribution in [2.75, 3.05) is 11.6 Å². The molecule has 1 aromatic heterocycles. The minimum absolute atomic E-state index is 0.181. The third kappa shape index (κ3) is 3.89. The van der Waals surface area contributed by atoms with Gasteiger partial charge in [-0.05, 0) is 58.7 Å². The van der Waals surface area contributed by atoms with Gasteiger partial charge in [0.05, 0.1) is 16.8 Å². The van der Waals surface area contributed by atoms with Crippen molar-refractivity contribution < 1.29 is 13.2 Å². The molecule has 0 saturated heterocycles. The average Bonchev–Trinajstić information content (AvgIpc) is 2.42. The number of sulfone groups is 1. The standard InChI is InChI=1S/C14H13BrN2O3S/c1-9-7-11(8-16-13(9)15)17-14(18)10-3-5-12(6-4-10)21(2,19)20/h3-8H,1-2H3,(H,17,18). The van der Waals surface area contributed by atoms with E-state index in [1.54, 1.807) is 12.3 Å². The maximum Gasteiger partial charge on any atom is 0.255 e. The number of pyridine rings is 1. The molecule has 0 saturated carbocycles. The highest BCUT2D eigenvalue weighted by molar-refractivity contribution is 9.10. The van der Waals surface area contributed by atoms with Crippen molar-refractivity contribution in [2.24, 2.45) is 0 Å². The lowest BCUT2D eigenvalue weighted by Crippen LogP contribution is -2.12. The lowest BCUT2D eigenvalue weighted by molar-refractivity contribution is 0.102. The number of hydrogen-bond acceptors (Lipinski definition) is 4. The molecule has 1 N–H and O–H groups in total. The van der Waals surface area contributed by atoms with Crippen LogP contribution in [0.4, 0.5) is 5.69 Å². The molecular weight excluding hydrogens is 356 g/mol. The number of benzene rings is 1. The molecule has 110 valence electrons. The first-order chi connectivity index (χ1) is 9.77. The highest BCUT2D eigenvalue weighted by atomic mass is 79.9. The number of nitrogens with one attached hydrogen (secondary N) is 1. The second kappa shape index (κ2) is 5.95. The number of carbonyl (C=O) groups is 1. The molecule has 0 aliphatic carbocycles. The number of amides is 1. The second-order valence-corrected chi connectivity index (χ2v) is 7.35. The smallest absolute Gasteiger partial charge is 0.255 e. The number of aromatic nitrogens is 1. The number of rotatable bonds is 3. The predicted octanol–water partition coefficient (Wildman–Crippen LogP) is 2.81. The van der Waals surface area contributed by atoms with Crippen LogP contribution in [-0.2, 0) is 9.84 Å². The minimum Gasteiger partial charge on any atom is -0.321 e. The van der Waals surface area contributed by atoms with E-state index in [2.05, 4.69) is 26.2 Å². The predicted molar refractivity (Wildman–Crippen MR) is 84.2 cm³/mol. The molecule has 1 aromatic carbocycles. The maximum absolute atomic E-state index is 12.1. The maximum atomic E-state index is 12.1. The normalized spacial score (nSPS) is 11.2. The van der Waals surface area contributed by atoms with Crippen molar-refractivity contribution in [3.05, 3.63) is 52.3 Å². The van der Waals surface area contributed by atoms with Crippen molar-refractivity contribution in [3.8, 4) is 0 Å². The van der Waals surface area contributed by atoms with Gasteiger partial charge < -0.3 is 5.32 Å². The molecular formula is C14H13BrN2O3S. The van der Waals surface area contributed by atoms with Crippen molar-refractivity contribution >= 4 is 37.4 Å². The van der Waals surface area contributed by atoms with Crippen molar-refractivity contribution in [3.63, 3.8) is 0 Å². The van der Waals surface area contributed by atoms with Crippen LogP contribution in [0.15, 0.2) is 46.0 Å². The summed E-state index contributed by atoms with van der Waals surface area (Å²) in [7, 11) is -3.26. The van der Waals surface area contributed by atoms with Crippen LogP contribution in [0.5, 0.6) is 0 Å². The zero-order valence-electron chi connectivity index (χ0n) is 11.4. The molecule has 0 spiro atoms. The van der Waals surface area contributed by atoms with Crippen LogP contribution in [0.1, 0.15) is 15.9 Å². The summed E-state index contributed by atoms with van der Waals surface area (Å²) in [4.78, 5) is 16.3. The fraction of sp³-hybridized carbons (Fsp3) is 0.143. The summed E-state index contributed by atoms with van der Waals surface area (Å²) in [6.45, 7) is 1.87. The molecule has 2 aromatic rings. The molecule has 0 atom stereocenters. The molecule has 1 heterocycles. The summed E-state index contributed by atoms with van der Waals surface area (Å²) in [6, 6.07) is 7.57. The lowest BCUT2D eigenvalue weighted by atomic mass is 10.2. The van der Waals surface area contributed by atoms with E-state index >= 15 is 0 Å². The Kier molecular flexibility index (Phi) is 4.43. The van der Waals surface area contributed by atoms with E-state index in [0.717, 1.165) is 16.4 Å². The Bertz CT molecular complexity index is 786. The van der Waals surface area contributed by atoms with E-state index in [1.807, 2.05) is 6.92 Å². The molecule has 1 amide bonds. The molecule has 0 aliphatic heterocycles. The lowest BCUT2D eigenvalue weighted by Gasteiger charge is -2.07. The summed E-state index contributed by atoms with van der Waals surface area (Å²) in [5.74, 6) is -0.321. The van der Waals surface area contributed by atoms with Crippen LogP contribution in [0, 0.1) is 6.92 Å². The van der Waals surface area contributed by atoms with E-state index < -0.39 is 9.84 Å². The number of carbonyl (C=O) groups excluding carboxylic acids is 1. The van der Waals surface area contributed by atoms with Crippen LogP contribution >= 0.6 is 15.9 Å². The van der Waals surface area contributed by atoms with E-state index in [4.69, 9.17) is 0 Å². The second-order valence-electron chi connectivity index (χ2n) is 4.58. The van der Waals surface area contributed by atoms with Crippen molar-refractivity contribution in [2.45, 2.75) is 11.8 Å². The van der Waals surface area contributed by atoms with Gasteiger partial charge in [-0.1, -0.05) is 0 Å². The largest absolute Gasteiger partial charge is 0.321 e. The van der Waals surface area contributed by atoms with Gasteiger partial charge in [0.2, 0.25) is 0 Å². The first-order valence-corrected chi connectivity index (χ1v) is 8.69. The first-order valence-electron chi connectivity index (χ1n) is 6.01. The Hall–Kier alpha value is -1.73. The quantitative estimate of drug-likeness (QED) is 0.845. The SMILES string of the molecule is Cc1cc(NC(=O)c2ccc(S(C)(=O)=O)cc2)cnc1Br. The van der Waals surface area contributed by atoms with Gasteiger partial charge in [0.15, 0.2) is 9.84 Å². The Labute approximate surface area is 131 Å². The van der Waals surface area contributed by atoms with Gasteiger partial charge in [-0.2, -0.15) is 0 Å². The summed E-state index contributed by atoms with van der Waals surface area (Å²) < 4.78 is 23.4. The zero-order valence-corrected chi connectivity index (χ0v) is 13.8. The molecule has 7 heteroatoms. The van der Waals surface area contributed by atoms with Gasteiger partial charge in [-0.3, -0.25) is 4.79 Å². The van der Waals surface area contributed by atoms with E-state index in [-0.39, 0.29) is 10.8 Å². The summed E-state index contributed by atoms with van der Waals surface area (Å²) in [5.41, 5.74) is 1.86. The van der Waals surface area contributed by atoms with Crippen LogP contribution in [0.2, 0.25) is 0 Å². The minimum atomic E-state index is -3.26. The zero-order chi connectivity index (χ0) is 15.6. The van der Waals surface area contributed by atoms with Crippen LogP contribution in [0.25, 0.3) is 0 Å². The van der Waals surface area contributed by atoms with Crippen molar-refractivity contribution in [1.82, 2.24) is 4.98 Å². The Morgan fingerprint density at radius 2 is 1.86 bits per heavy atom. The van der Waals surface area contributed by atoms with E-state index in [0.29, 0.717) is 11.3 Å². The van der Waals surface area contributed by atoms with E-state index in [1.165, 1.54) is 24.3 Å². The molecule has 0 fully saturated rings. The van der Waals surface area contributed by atoms with E-state index in [9.17, 15) is 13.2 Å². The number of nitrogens with zero attached hydrogens (tertiary/aromatic N) is 1. The van der Waals surface area contributed by atoms with Crippen LogP contribution in [0.3, 0.4) is 0 Å². The van der Waals surface area contributed by atoms with Crippen LogP contribution < -0.4 is 5.32 Å². The fourth-order valence-electron chi connectivity index (χ4n) is 1.68. The topological polar surface area (TPSA) is 76.1 Å². The number of aryl methyl sites for hydroxylation is 1. The Morgan fingerprint density at radius 3 is 2.38 bits per heavy atom. The third-order valence-electron chi connectivity index (χ3n) is 2.82. The first kappa shape index (κ1) is 15.7. The fourth-order valence-corrected chi connectivity index (χ4v) is 2.53. The number of halogens is 1. The van der Waals surface area contributed by atoms with Gasteiger partial charge in [-0.25, -0.2) is 13.4 Å². The highest BCUT2D eigenvalue weighted by Gasteiger charge is 2.10. The molecule has 21 heavy (non-hydrogen) atoms. The molecule has 0 bridgehead atoms. The van der Waals surface area contributed by atoms with Crippen LogP contribution in [-0.4, -0.2) is 25.6 Å². The van der Waals surface area contributed by atoms with Gasteiger partial charge in [0, 0.05) is 11.8 Å². The summed E-state index contributed by atoms with van der Waals surface area (Å²) in [6.07, 6.45) is 2.66. The molecule has 2 rings (SSSR count). The van der Waals surface area contributed by atoms with Gasteiger partial charge in [0.1, 0.15) is 4.60 Å². The Morgan fingerprint density at radius 1 is 1.24 bits per heavy atom. The van der Waals surface area contributed by atoms with Crippen molar-refractivity contribution in [1.29, 1.82) is 0 Å². The third-order valence-corrected chi connectivity index (χ3v) is 4.78. The Balaban J connectivity index is 2.18. The number of hydrogen-bond donors (Lipinski definition) is 1. The molecule has 0 aliphatic rings. The molecule has 0 radical (unpaired) electrons. The summed E-state index contributed by atoms with van der Waals surface area (Å²) in [5, 5.41) is 2.71. The summed E-state index contributed by atoms with van der Waals surface area (Å²) >= 11 is 3.29. The van der Waals surface area contributed by atoms with Gasteiger partial charge >= 0.3 is 0 Å². The average molecular weight is 369 g/mol. The van der Waals surface area contributed by atoms with Gasteiger partial charge in [0.25, 0.3) is 5.91 Å². The number of anilines is 1. The molecule has 5 nitrogen and oxygen atoms in total. The van der Waals surface area contributed by atoms with Gasteiger partial charge in [-0.15, -0.1) is 0 Å². The highest BCUT2D eigenvalue weighted by Crippen LogP contribution is 2.18. The molecule has 0 unspecified atom stereocenters.